The van der Waals surface area contributed by atoms with Crippen molar-refractivity contribution >= 4 is 27.6 Å². The molecule has 7 nitrogen and oxygen atoms in total. The first kappa shape index (κ1) is 26.1. The number of carboxylic acid groups (broad SMARTS) is 1. The molecule has 7 heteroatoms. The van der Waals surface area contributed by atoms with Gasteiger partial charge < -0.3 is 19.3 Å². The zero-order valence-corrected chi connectivity index (χ0v) is 23.7. The smallest absolute Gasteiger partial charge is 0.352 e. The lowest BCUT2D eigenvalue weighted by atomic mass is 9.94. The number of benzene rings is 3. The first-order chi connectivity index (χ1) is 19.3. The standard InChI is InChI=1S/C33H36N4O3/c1-21-15-16-26-25(13-8-19-40-28-14-7-11-23-10-5-6-12-24(23)28)32(33(38)39)37-18-9-17-35(3)20-27-30(29(21)31(26)37)22(2)36(4)34-27/h5-7,10-12,14-16H,8-9,13,17-20H2,1-4H3,(H,38,39). The fourth-order valence-electron chi connectivity index (χ4n) is 6.35. The largest absolute Gasteiger partial charge is 0.493 e. The lowest BCUT2D eigenvalue weighted by molar-refractivity contribution is 0.0684. The molecule has 0 unspecified atom stereocenters. The number of rotatable bonds is 6. The van der Waals surface area contributed by atoms with Gasteiger partial charge in [-0.1, -0.05) is 48.5 Å². The van der Waals surface area contributed by atoms with Crippen molar-refractivity contribution in [3.05, 3.63) is 82.8 Å². The van der Waals surface area contributed by atoms with Crippen molar-refractivity contribution in [2.24, 2.45) is 7.05 Å². The van der Waals surface area contributed by atoms with Gasteiger partial charge in [0.2, 0.25) is 0 Å². The summed E-state index contributed by atoms with van der Waals surface area (Å²) in [7, 11) is 4.10. The average Bonchev–Trinajstić information content (AvgIpc) is 3.39. The molecule has 6 rings (SSSR count). The van der Waals surface area contributed by atoms with E-state index in [0.29, 0.717) is 31.7 Å². The number of hydrogen-bond donors (Lipinski definition) is 1. The van der Waals surface area contributed by atoms with E-state index in [1.807, 2.05) is 36.0 Å². The third-order valence-electron chi connectivity index (χ3n) is 8.32. The molecule has 0 saturated carbocycles. The van der Waals surface area contributed by atoms with E-state index < -0.39 is 5.97 Å². The van der Waals surface area contributed by atoms with Crippen molar-refractivity contribution < 1.29 is 14.6 Å². The van der Waals surface area contributed by atoms with Gasteiger partial charge in [0.1, 0.15) is 11.4 Å². The van der Waals surface area contributed by atoms with Gasteiger partial charge in [0, 0.05) is 47.7 Å². The first-order valence-corrected chi connectivity index (χ1v) is 14.0. The van der Waals surface area contributed by atoms with Crippen LogP contribution in [0.2, 0.25) is 0 Å². The second kappa shape index (κ2) is 10.5. The molecule has 0 radical (unpaired) electrons. The predicted molar refractivity (Wildman–Crippen MR) is 159 cm³/mol. The van der Waals surface area contributed by atoms with Crippen LogP contribution in [0.4, 0.5) is 0 Å². The Morgan fingerprint density at radius 2 is 1.77 bits per heavy atom. The highest BCUT2D eigenvalue weighted by Crippen LogP contribution is 2.41. The van der Waals surface area contributed by atoms with Gasteiger partial charge >= 0.3 is 5.97 Å². The molecular weight excluding hydrogens is 500 g/mol. The third-order valence-corrected chi connectivity index (χ3v) is 8.32. The van der Waals surface area contributed by atoms with Crippen LogP contribution in [0, 0.1) is 13.8 Å². The van der Waals surface area contributed by atoms with Crippen LogP contribution in [0.1, 0.15) is 45.8 Å². The summed E-state index contributed by atoms with van der Waals surface area (Å²) in [6.07, 6.45) is 2.20. The van der Waals surface area contributed by atoms with Gasteiger partial charge in [-0.05, 0) is 69.3 Å². The molecule has 40 heavy (non-hydrogen) atoms. The maximum absolute atomic E-state index is 12.8. The molecule has 206 valence electrons. The molecule has 0 fully saturated rings. The van der Waals surface area contributed by atoms with Crippen LogP contribution in [0.5, 0.6) is 5.75 Å². The summed E-state index contributed by atoms with van der Waals surface area (Å²) in [5, 5.41) is 18.7. The molecular formula is C33H36N4O3. The summed E-state index contributed by atoms with van der Waals surface area (Å²) in [5.74, 6) is -0.0164. The Morgan fingerprint density at radius 1 is 0.975 bits per heavy atom. The molecule has 0 spiro atoms. The van der Waals surface area contributed by atoms with Crippen molar-refractivity contribution in [3.8, 4) is 16.9 Å². The van der Waals surface area contributed by atoms with Crippen LogP contribution in [0.3, 0.4) is 0 Å². The summed E-state index contributed by atoms with van der Waals surface area (Å²) >= 11 is 0. The number of nitrogens with zero attached hydrogens (tertiary/aromatic N) is 4. The fraction of sp³-hybridized carbons (Fsp3) is 0.333. The average molecular weight is 537 g/mol. The Balaban J connectivity index is 1.42. The van der Waals surface area contributed by atoms with Crippen LogP contribution >= 0.6 is 0 Å². The number of aromatic nitrogens is 3. The third kappa shape index (κ3) is 4.44. The van der Waals surface area contributed by atoms with Gasteiger partial charge in [-0.3, -0.25) is 4.68 Å². The number of hydrogen-bond acceptors (Lipinski definition) is 4. The number of aromatic carboxylic acids is 1. The van der Waals surface area contributed by atoms with Crippen molar-refractivity contribution in [1.82, 2.24) is 19.2 Å². The van der Waals surface area contributed by atoms with E-state index in [4.69, 9.17) is 9.84 Å². The van der Waals surface area contributed by atoms with E-state index in [2.05, 4.69) is 60.7 Å². The van der Waals surface area contributed by atoms with Crippen LogP contribution in [0.15, 0.2) is 54.6 Å². The Kier molecular flexibility index (Phi) is 6.84. The molecule has 3 aromatic carbocycles. The van der Waals surface area contributed by atoms with Crippen molar-refractivity contribution in [2.45, 2.75) is 46.2 Å². The van der Waals surface area contributed by atoms with Crippen LogP contribution in [-0.2, 0) is 26.6 Å². The second-order valence-corrected chi connectivity index (χ2v) is 11.0. The number of ether oxygens (including phenoxy) is 1. The minimum absolute atomic E-state index is 0.401. The van der Waals surface area contributed by atoms with E-state index >= 15 is 0 Å². The highest BCUT2D eigenvalue weighted by atomic mass is 16.5. The summed E-state index contributed by atoms with van der Waals surface area (Å²) in [6.45, 7) is 7.01. The highest BCUT2D eigenvalue weighted by molar-refractivity contribution is 6.05. The van der Waals surface area contributed by atoms with E-state index in [9.17, 15) is 9.90 Å². The summed E-state index contributed by atoms with van der Waals surface area (Å²) in [6, 6.07) is 18.5. The van der Waals surface area contributed by atoms with E-state index in [0.717, 1.165) is 80.6 Å². The summed E-state index contributed by atoms with van der Waals surface area (Å²) in [4.78, 5) is 15.1. The number of fused-ring (bicyclic) bond motifs is 3. The molecule has 1 aliphatic rings. The molecule has 0 amide bonds. The van der Waals surface area contributed by atoms with Gasteiger partial charge in [0.25, 0.3) is 0 Å². The minimum atomic E-state index is -0.877. The molecule has 1 aliphatic heterocycles. The first-order valence-electron chi connectivity index (χ1n) is 14.0. The van der Waals surface area contributed by atoms with Gasteiger partial charge in [0.15, 0.2) is 0 Å². The molecule has 3 heterocycles. The van der Waals surface area contributed by atoms with Crippen LogP contribution in [0.25, 0.3) is 32.8 Å². The molecule has 5 aromatic rings. The van der Waals surface area contributed by atoms with Crippen molar-refractivity contribution in [1.29, 1.82) is 0 Å². The number of carbonyl (C=O) groups is 1. The summed E-state index contributed by atoms with van der Waals surface area (Å²) in [5.41, 5.74) is 7.80. The predicted octanol–water partition coefficient (Wildman–Crippen LogP) is 6.36. The Bertz CT molecular complexity index is 1740. The van der Waals surface area contributed by atoms with Crippen molar-refractivity contribution in [2.75, 3.05) is 20.2 Å². The van der Waals surface area contributed by atoms with Crippen LogP contribution in [-0.4, -0.2) is 50.5 Å². The molecule has 0 bridgehead atoms. The van der Waals surface area contributed by atoms with E-state index in [1.165, 1.54) is 0 Å². The Hall–Kier alpha value is -4.10. The zero-order valence-electron chi connectivity index (χ0n) is 23.7. The van der Waals surface area contributed by atoms with E-state index in [-0.39, 0.29) is 0 Å². The molecule has 2 aromatic heterocycles. The Morgan fingerprint density at radius 3 is 2.60 bits per heavy atom. The van der Waals surface area contributed by atoms with Gasteiger partial charge in [-0.15, -0.1) is 0 Å². The monoisotopic (exact) mass is 536 g/mol. The quantitative estimate of drug-likeness (QED) is 0.256. The SMILES string of the molecule is Cc1ccc2c(CCCOc3cccc4ccccc34)c(C(=O)O)n3c2c1-c1c(nn(C)c1C)CN(C)CCC3. The molecule has 0 aliphatic carbocycles. The van der Waals surface area contributed by atoms with Crippen LogP contribution < -0.4 is 4.74 Å². The number of aryl methyl sites for hydroxylation is 4. The topological polar surface area (TPSA) is 72.5 Å². The fourth-order valence-corrected chi connectivity index (χ4v) is 6.35. The zero-order chi connectivity index (χ0) is 28.0. The maximum Gasteiger partial charge on any atom is 0.352 e. The normalized spacial score (nSPS) is 14.0. The Labute approximate surface area is 234 Å². The molecule has 0 saturated heterocycles. The lowest BCUT2D eigenvalue weighted by Crippen LogP contribution is -2.23. The highest BCUT2D eigenvalue weighted by Gasteiger charge is 2.28. The number of carboxylic acids is 1. The molecule has 0 atom stereocenters. The lowest BCUT2D eigenvalue weighted by Gasteiger charge is -2.21. The van der Waals surface area contributed by atoms with Gasteiger partial charge in [-0.25, -0.2) is 4.79 Å². The van der Waals surface area contributed by atoms with Gasteiger partial charge in [-0.2, -0.15) is 5.10 Å². The van der Waals surface area contributed by atoms with Gasteiger partial charge in [0.05, 0.1) is 17.8 Å². The maximum atomic E-state index is 12.8. The van der Waals surface area contributed by atoms with Crippen molar-refractivity contribution in [3.63, 3.8) is 0 Å². The minimum Gasteiger partial charge on any atom is -0.493 e. The summed E-state index contributed by atoms with van der Waals surface area (Å²) < 4.78 is 10.2. The van der Waals surface area contributed by atoms with E-state index in [1.54, 1.807) is 0 Å². The molecule has 1 N–H and O–H groups in total. The second-order valence-electron chi connectivity index (χ2n) is 11.0.